The van der Waals surface area contributed by atoms with Crippen LogP contribution in [0.4, 0.5) is 0 Å². The van der Waals surface area contributed by atoms with E-state index in [9.17, 15) is 19.8 Å². The Morgan fingerprint density at radius 2 is 0.857 bits per heavy atom. The van der Waals surface area contributed by atoms with Gasteiger partial charge in [0.1, 0.15) is 0 Å². The fourth-order valence-corrected chi connectivity index (χ4v) is 7.38. The molecule has 1 amide bonds. The van der Waals surface area contributed by atoms with Crippen LogP contribution in [-0.4, -0.2) is 47.4 Å². The molecule has 0 aromatic heterocycles. The van der Waals surface area contributed by atoms with E-state index in [0.717, 1.165) is 57.8 Å². The first kappa shape index (κ1) is 54.3. The summed E-state index contributed by atoms with van der Waals surface area (Å²) in [5.74, 6) is -0.106. The number of aliphatic hydroxyl groups excluding tert-OH is 2. The lowest BCUT2D eigenvalue weighted by molar-refractivity contribution is -0.143. The van der Waals surface area contributed by atoms with Crippen molar-refractivity contribution in [3.05, 3.63) is 24.3 Å². The van der Waals surface area contributed by atoms with Crippen molar-refractivity contribution in [1.82, 2.24) is 5.32 Å². The van der Waals surface area contributed by atoms with Crippen molar-refractivity contribution in [3.63, 3.8) is 0 Å². The third-order valence-electron chi connectivity index (χ3n) is 11.2. The quantitative estimate of drug-likeness (QED) is 0.0324. The molecule has 0 rings (SSSR count). The first-order valence-corrected chi connectivity index (χ1v) is 24.6. The summed E-state index contributed by atoms with van der Waals surface area (Å²) in [6.07, 6.45) is 53.1. The number of hydrogen-bond donors (Lipinski definition) is 3. The maximum absolute atomic E-state index is 12.4. The van der Waals surface area contributed by atoms with Crippen molar-refractivity contribution < 1.29 is 24.5 Å². The second-order valence-electron chi connectivity index (χ2n) is 16.8. The number of hydrogen-bond acceptors (Lipinski definition) is 5. The number of carbonyl (C=O) groups excluding carboxylic acids is 2. The van der Waals surface area contributed by atoms with Crippen molar-refractivity contribution in [1.29, 1.82) is 0 Å². The van der Waals surface area contributed by atoms with Gasteiger partial charge in [-0.2, -0.15) is 0 Å². The second-order valence-corrected chi connectivity index (χ2v) is 16.8. The van der Waals surface area contributed by atoms with E-state index in [2.05, 4.69) is 31.3 Å². The molecule has 3 N–H and O–H groups in total. The summed E-state index contributed by atoms with van der Waals surface area (Å²) in [6, 6.07) is -0.639. The van der Waals surface area contributed by atoms with Gasteiger partial charge in [0.15, 0.2) is 0 Å². The highest BCUT2D eigenvalue weighted by atomic mass is 16.5. The standard InChI is InChI=1S/C50H95NO5/c1-3-5-7-9-11-13-15-16-17-18-19-23-26-30-34-38-42-48(53)47(46-52)51-49(54)43-39-35-31-27-24-20-21-25-29-33-37-41-45-56-50(55)44-40-36-32-28-22-14-12-10-8-6-4-2/h10,12,38,42,47-48,52-53H,3-9,11,13-37,39-41,43-46H2,1-2H3,(H,51,54)/b12-10-,42-38+. The number of allylic oxidation sites excluding steroid dienone is 3. The highest BCUT2D eigenvalue weighted by Crippen LogP contribution is 2.15. The Hall–Kier alpha value is -1.66. The highest BCUT2D eigenvalue weighted by Gasteiger charge is 2.18. The maximum Gasteiger partial charge on any atom is 0.305 e. The van der Waals surface area contributed by atoms with Crippen LogP contribution in [0.25, 0.3) is 0 Å². The Morgan fingerprint density at radius 1 is 0.482 bits per heavy atom. The fourth-order valence-electron chi connectivity index (χ4n) is 7.38. The van der Waals surface area contributed by atoms with E-state index in [-0.39, 0.29) is 18.5 Å². The minimum absolute atomic E-state index is 0.0222. The summed E-state index contributed by atoms with van der Waals surface area (Å²) >= 11 is 0. The van der Waals surface area contributed by atoms with Gasteiger partial charge < -0.3 is 20.3 Å². The van der Waals surface area contributed by atoms with Crippen molar-refractivity contribution >= 4 is 11.9 Å². The van der Waals surface area contributed by atoms with Crippen LogP contribution in [0.15, 0.2) is 24.3 Å². The fraction of sp³-hybridized carbons (Fsp3) is 0.880. The van der Waals surface area contributed by atoms with Crippen LogP contribution in [0.2, 0.25) is 0 Å². The molecule has 0 spiro atoms. The highest BCUT2D eigenvalue weighted by molar-refractivity contribution is 5.76. The largest absolute Gasteiger partial charge is 0.466 e. The van der Waals surface area contributed by atoms with E-state index in [1.807, 2.05) is 6.08 Å². The third kappa shape index (κ3) is 42.0. The Kier molecular flexibility index (Phi) is 44.7. The average molecular weight is 790 g/mol. The zero-order valence-electron chi connectivity index (χ0n) is 37.4. The Labute approximate surface area is 348 Å². The Bertz CT molecular complexity index is 874. The first-order chi connectivity index (χ1) is 27.5. The van der Waals surface area contributed by atoms with E-state index >= 15 is 0 Å². The van der Waals surface area contributed by atoms with E-state index in [1.54, 1.807) is 6.08 Å². The number of carbonyl (C=O) groups is 2. The van der Waals surface area contributed by atoms with Gasteiger partial charge in [-0.1, -0.05) is 218 Å². The van der Waals surface area contributed by atoms with Gasteiger partial charge in [0.2, 0.25) is 5.91 Å². The molecule has 330 valence electrons. The molecule has 0 aromatic carbocycles. The number of nitrogens with one attached hydrogen (secondary N) is 1. The molecule has 0 heterocycles. The molecular formula is C50H95NO5. The molecular weight excluding hydrogens is 695 g/mol. The molecule has 0 aliphatic rings. The maximum atomic E-state index is 12.4. The van der Waals surface area contributed by atoms with Gasteiger partial charge in [0.05, 0.1) is 25.4 Å². The van der Waals surface area contributed by atoms with Gasteiger partial charge in [0.25, 0.3) is 0 Å². The number of rotatable bonds is 45. The molecule has 56 heavy (non-hydrogen) atoms. The van der Waals surface area contributed by atoms with Crippen molar-refractivity contribution in [2.75, 3.05) is 13.2 Å². The Morgan fingerprint density at radius 3 is 1.32 bits per heavy atom. The Balaban J connectivity index is 3.52. The van der Waals surface area contributed by atoms with Crippen LogP contribution in [0.5, 0.6) is 0 Å². The number of aliphatic hydroxyl groups is 2. The first-order valence-electron chi connectivity index (χ1n) is 24.6. The molecule has 0 saturated carbocycles. The number of amides is 1. The third-order valence-corrected chi connectivity index (χ3v) is 11.2. The van der Waals surface area contributed by atoms with E-state index in [4.69, 9.17) is 4.74 Å². The normalized spacial score (nSPS) is 12.9. The molecule has 0 aliphatic heterocycles. The lowest BCUT2D eigenvalue weighted by Gasteiger charge is -2.20. The molecule has 0 fully saturated rings. The van der Waals surface area contributed by atoms with E-state index in [1.165, 1.54) is 173 Å². The second kappa shape index (κ2) is 46.0. The molecule has 0 radical (unpaired) electrons. The van der Waals surface area contributed by atoms with Gasteiger partial charge in [-0.15, -0.1) is 0 Å². The summed E-state index contributed by atoms with van der Waals surface area (Å²) in [6.45, 7) is 4.82. The molecule has 0 aromatic rings. The minimum Gasteiger partial charge on any atom is -0.466 e. The van der Waals surface area contributed by atoms with Crippen molar-refractivity contribution in [3.8, 4) is 0 Å². The van der Waals surface area contributed by atoms with Gasteiger partial charge in [0, 0.05) is 12.8 Å². The molecule has 0 aliphatic carbocycles. The smallest absolute Gasteiger partial charge is 0.305 e. The SMILES string of the molecule is CCCC/C=C\CCCCCCCC(=O)OCCCCCCCCCCCCCCC(=O)NC(CO)C(O)/C=C/CCCCCCCCCCCCCCCC. The summed E-state index contributed by atoms with van der Waals surface area (Å²) < 4.78 is 5.43. The van der Waals surface area contributed by atoms with Crippen LogP contribution in [0.1, 0.15) is 258 Å². The van der Waals surface area contributed by atoms with Crippen LogP contribution in [0.3, 0.4) is 0 Å². The lowest BCUT2D eigenvalue weighted by Crippen LogP contribution is -2.45. The van der Waals surface area contributed by atoms with Gasteiger partial charge in [-0.05, 0) is 51.4 Å². The molecule has 0 bridgehead atoms. The van der Waals surface area contributed by atoms with Crippen LogP contribution in [0, 0.1) is 0 Å². The van der Waals surface area contributed by atoms with Gasteiger partial charge >= 0.3 is 5.97 Å². The lowest BCUT2D eigenvalue weighted by atomic mass is 10.0. The number of unbranched alkanes of at least 4 members (excludes halogenated alkanes) is 32. The van der Waals surface area contributed by atoms with E-state index < -0.39 is 12.1 Å². The van der Waals surface area contributed by atoms with E-state index in [0.29, 0.717) is 19.4 Å². The predicted octanol–water partition coefficient (Wildman–Crippen LogP) is 14.3. The molecule has 2 unspecified atom stereocenters. The van der Waals surface area contributed by atoms with Crippen LogP contribution < -0.4 is 5.32 Å². The van der Waals surface area contributed by atoms with Gasteiger partial charge in [-0.3, -0.25) is 9.59 Å². The summed E-state index contributed by atoms with van der Waals surface area (Å²) in [5, 5.41) is 23.0. The predicted molar refractivity (Wildman–Crippen MR) is 241 cm³/mol. The monoisotopic (exact) mass is 790 g/mol. The molecule has 6 heteroatoms. The summed E-state index contributed by atoms with van der Waals surface area (Å²) in [4.78, 5) is 24.4. The average Bonchev–Trinajstić information content (AvgIpc) is 3.20. The number of esters is 1. The molecule has 0 saturated heterocycles. The molecule has 6 nitrogen and oxygen atoms in total. The topological polar surface area (TPSA) is 95.9 Å². The summed E-state index contributed by atoms with van der Waals surface area (Å²) in [5.41, 5.74) is 0. The van der Waals surface area contributed by atoms with Gasteiger partial charge in [-0.25, -0.2) is 0 Å². The summed E-state index contributed by atoms with van der Waals surface area (Å²) in [7, 11) is 0. The van der Waals surface area contributed by atoms with Crippen LogP contribution in [-0.2, 0) is 14.3 Å². The van der Waals surface area contributed by atoms with Crippen LogP contribution >= 0.6 is 0 Å². The number of ether oxygens (including phenoxy) is 1. The van der Waals surface area contributed by atoms with Crippen molar-refractivity contribution in [2.24, 2.45) is 0 Å². The zero-order chi connectivity index (χ0) is 40.8. The minimum atomic E-state index is -0.854. The molecule has 2 atom stereocenters. The zero-order valence-corrected chi connectivity index (χ0v) is 37.4. The van der Waals surface area contributed by atoms with Crippen molar-refractivity contribution in [2.45, 2.75) is 270 Å².